The lowest BCUT2D eigenvalue weighted by Gasteiger charge is -2.10. The van der Waals surface area contributed by atoms with Gasteiger partial charge >= 0.3 is 6.03 Å². The lowest BCUT2D eigenvalue weighted by Crippen LogP contribution is -2.21. The third-order valence-corrected chi connectivity index (χ3v) is 2.38. The van der Waals surface area contributed by atoms with E-state index in [1.54, 1.807) is 12.1 Å². The van der Waals surface area contributed by atoms with Crippen LogP contribution >= 0.6 is 0 Å². The van der Waals surface area contributed by atoms with E-state index in [0.29, 0.717) is 12.3 Å². The quantitative estimate of drug-likeness (QED) is 0.671. The highest BCUT2D eigenvalue weighted by Gasteiger charge is 2.22. The van der Waals surface area contributed by atoms with Crippen molar-refractivity contribution in [1.29, 1.82) is 0 Å². The number of phenolic OH excluding ortho intramolecular Hbond substituents is 1. The molecule has 1 aliphatic rings. The van der Waals surface area contributed by atoms with Crippen LogP contribution in [0.2, 0.25) is 0 Å². The molecule has 1 fully saturated rings. The normalized spacial score (nSPS) is 19.5. The minimum atomic E-state index is -0.185. The van der Waals surface area contributed by atoms with E-state index in [2.05, 4.69) is 10.6 Å². The van der Waals surface area contributed by atoms with Gasteiger partial charge in [-0.15, -0.1) is 0 Å². The summed E-state index contributed by atoms with van der Waals surface area (Å²) in [5.41, 5.74) is 0.853. The summed E-state index contributed by atoms with van der Waals surface area (Å²) in [6.45, 7) is 0.532. The molecule has 2 amide bonds. The van der Waals surface area contributed by atoms with Crippen molar-refractivity contribution in [2.75, 3.05) is 13.7 Å². The van der Waals surface area contributed by atoms with Gasteiger partial charge in [-0.1, -0.05) is 6.07 Å². The second-order valence-corrected chi connectivity index (χ2v) is 3.34. The molecule has 1 atom stereocenters. The molecule has 0 radical (unpaired) electrons. The van der Waals surface area contributed by atoms with Crippen molar-refractivity contribution in [3.63, 3.8) is 0 Å². The second kappa shape index (κ2) is 3.68. The Balaban J connectivity index is 2.22. The van der Waals surface area contributed by atoms with E-state index in [4.69, 9.17) is 4.74 Å². The van der Waals surface area contributed by atoms with Crippen molar-refractivity contribution < 1.29 is 14.6 Å². The van der Waals surface area contributed by atoms with E-state index in [-0.39, 0.29) is 17.8 Å². The fraction of sp³-hybridized carbons (Fsp3) is 0.300. The molecule has 1 aromatic carbocycles. The first-order chi connectivity index (χ1) is 7.20. The molecule has 1 heterocycles. The van der Waals surface area contributed by atoms with Gasteiger partial charge in [-0.25, -0.2) is 4.79 Å². The van der Waals surface area contributed by atoms with Crippen molar-refractivity contribution in [3.05, 3.63) is 23.8 Å². The van der Waals surface area contributed by atoms with Crippen LogP contribution in [0.3, 0.4) is 0 Å². The lowest BCUT2D eigenvalue weighted by molar-refractivity contribution is 0.247. The number of phenols is 1. The first-order valence-electron chi connectivity index (χ1n) is 4.62. The predicted molar refractivity (Wildman–Crippen MR) is 53.9 cm³/mol. The van der Waals surface area contributed by atoms with E-state index in [0.717, 1.165) is 5.56 Å². The van der Waals surface area contributed by atoms with Gasteiger partial charge in [0.2, 0.25) is 0 Å². The molecule has 0 aromatic heterocycles. The molecule has 1 aromatic rings. The number of rotatable bonds is 2. The molecule has 0 bridgehead atoms. The average Bonchev–Trinajstić information content (AvgIpc) is 2.65. The highest BCUT2D eigenvalue weighted by molar-refractivity contribution is 5.77. The van der Waals surface area contributed by atoms with Crippen LogP contribution in [0.15, 0.2) is 18.2 Å². The largest absolute Gasteiger partial charge is 0.504 e. The third-order valence-electron chi connectivity index (χ3n) is 2.38. The Morgan fingerprint density at radius 3 is 2.87 bits per heavy atom. The zero-order valence-electron chi connectivity index (χ0n) is 8.28. The summed E-state index contributed by atoms with van der Waals surface area (Å²) in [5.74, 6) is 0.507. The van der Waals surface area contributed by atoms with Gasteiger partial charge in [0.25, 0.3) is 0 Å². The number of carbonyl (C=O) groups is 1. The molecule has 1 saturated heterocycles. The molecule has 1 aliphatic heterocycles. The smallest absolute Gasteiger partial charge is 0.315 e. The van der Waals surface area contributed by atoms with E-state index < -0.39 is 0 Å². The monoisotopic (exact) mass is 208 g/mol. The Morgan fingerprint density at radius 1 is 1.53 bits per heavy atom. The SMILES string of the molecule is COc1ccc([C@H]2CNC(=O)N2)cc1O. The molecule has 0 unspecified atom stereocenters. The molecule has 2 rings (SSSR count). The summed E-state index contributed by atoms with van der Waals surface area (Å²) < 4.78 is 4.93. The van der Waals surface area contributed by atoms with Crippen LogP contribution < -0.4 is 15.4 Å². The summed E-state index contributed by atoms with van der Waals surface area (Å²) >= 11 is 0. The fourth-order valence-electron chi connectivity index (χ4n) is 1.58. The van der Waals surface area contributed by atoms with Crippen molar-refractivity contribution >= 4 is 6.03 Å². The number of hydrogen-bond acceptors (Lipinski definition) is 3. The number of nitrogens with one attached hydrogen (secondary N) is 2. The average molecular weight is 208 g/mol. The van der Waals surface area contributed by atoms with Gasteiger partial charge in [-0.3, -0.25) is 0 Å². The molecule has 3 N–H and O–H groups in total. The van der Waals surface area contributed by atoms with Gasteiger partial charge in [-0.05, 0) is 17.7 Å². The number of amides is 2. The highest BCUT2D eigenvalue weighted by Crippen LogP contribution is 2.29. The minimum absolute atomic E-state index is 0.0798. The first kappa shape index (κ1) is 9.64. The van der Waals surface area contributed by atoms with Gasteiger partial charge in [0.05, 0.1) is 13.2 Å². The van der Waals surface area contributed by atoms with Crippen molar-refractivity contribution in [2.24, 2.45) is 0 Å². The first-order valence-corrected chi connectivity index (χ1v) is 4.62. The molecular weight excluding hydrogens is 196 g/mol. The predicted octanol–water partition coefficient (Wildman–Crippen LogP) is 0.755. The topological polar surface area (TPSA) is 70.6 Å². The molecule has 15 heavy (non-hydrogen) atoms. The van der Waals surface area contributed by atoms with E-state index in [1.165, 1.54) is 7.11 Å². The number of ether oxygens (including phenoxy) is 1. The number of hydrogen-bond donors (Lipinski definition) is 3. The Hall–Kier alpha value is -1.91. The fourth-order valence-corrected chi connectivity index (χ4v) is 1.58. The van der Waals surface area contributed by atoms with Crippen LogP contribution in [0.5, 0.6) is 11.5 Å². The zero-order chi connectivity index (χ0) is 10.8. The van der Waals surface area contributed by atoms with Crippen LogP contribution in [0.1, 0.15) is 11.6 Å². The summed E-state index contributed by atoms with van der Waals surface area (Å²) in [6.07, 6.45) is 0. The van der Waals surface area contributed by atoms with E-state index in [1.807, 2.05) is 6.07 Å². The molecule has 80 valence electrons. The lowest BCUT2D eigenvalue weighted by atomic mass is 10.1. The number of carbonyl (C=O) groups excluding carboxylic acids is 1. The number of methoxy groups -OCH3 is 1. The summed E-state index contributed by atoms with van der Waals surface area (Å²) in [6, 6.07) is 4.81. The van der Waals surface area contributed by atoms with Crippen molar-refractivity contribution in [2.45, 2.75) is 6.04 Å². The highest BCUT2D eigenvalue weighted by atomic mass is 16.5. The Morgan fingerprint density at radius 2 is 2.33 bits per heavy atom. The molecule has 0 spiro atoms. The molecular formula is C10H12N2O3. The van der Waals surface area contributed by atoms with Gasteiger partial charge in [0.1, 0.15) is 0 Å². The van der Waals surface area contributed by atoms with Crippen LogP contribution in [-0.2, 0) is 0 Å². The van der Waals surface area contributed by atoms with E-state index >= 15 is 0 Å². The summed E-state index contributed by atoms with van der Waals surface area (Å²) in [7, 11) is 1.49. The van der Waals surface area contributed by atoms with Crippen LogP contribution in [0, 0.1) is 0 Å². The molecule has 5 nitrogen and oxygen atoms in total. The van der Waals surface area contributed by atoms with Crippen molar-refractivity contribution in [3.8, 4) is 11.5 Å². The minimum Gasteiger partial charge on any atom is -0.504 e. The number of aromatic hydroxyl groups is 1. The van der Waals surface area contributed by atoms with Crippen LogP contribution in [0.4, 0.5) is 4.79 Å². The zero-order valence-corrected chi connectivity index (χ0v) is 8.28. The van der Waals surface area contributed by atoms with Gasteiger partial charge < -0.3 is 20.5 Å². The number of urea groups is 1. The van der Waals surface area contributed by atoms with Gasteiger partial charge in [-0.2, -0.15) is 0 Å². The number of benzene rings is 1. The maximum absolute atomic E-state index is 10.9. The second-order valence-electron chi connectivity index (χ2n) is 3.34. The Bertz CT molecular complexity index is 392. The van der Waals surface area contributed by atoms with E-state index in [9.17, 15) is 9.90 Å². The maximum Gasteiger partial charge on any atom is 0.315 e. The van der Waals surface area contributed by atoms with Gasteiger partial charge in [0.15, 0.2) is 11.5 Å². The molecule has 0 saturated carbocycles. The van der Waals surface area contributed by atoms with Crippen LogP contribution in [-0.4, -0.2) is 24.8 Å². The standard InChI is InChI=1S/C10H12N2O3/c1-15-9-3-2-6(4-8(9)13)7-5-11-10(14)12-7/h2-4,7,13H,5H2,1H3,(H2,11,12,14)/t7-/m1/s1. The maximum atomic E-state index is 10.9. The summed E-state index contributed by atoms with van der Waals surface area (Å²) in [4.78, 5) is 10.9. The van der Waals surface area contributed by atoms with Crippen molar-refractivity contribution in [1.82, 2.24) is 10.6 Å². The Kier molecular flexibility index (Phi) is 2.37. The Labute approximate surface area is 87.1 Å². The summed E-state index contributed by atoms with van der Waals surface area (Å²) in [5, 5.41) is 14.9. The third kappa shape index (κ3) is 1.81. The van der Waals surface area contributed by atoms with Gasteiger partial charge in [0, 0.05) is 6.54 Å². The molecule has 0 aliphatic carbocycles. The molecule has 5 heteroatoms. The van der Waals surface area contributed by atoms with Crippen LogP contribution in [0.25, 0.3) is 0 Å².